The Bertz CT molecular complexity index is 1020. The van der Waals surface area contributed by atoms with Gasteiger partial charge in [-0.2, -0.15) is 0 Å². The van der Waals surface area contributed by atoms with E-state index < -0.39 is 17.7 Å². The van der Waals surface area contributed by atoms with Gasteiger partial charge in [0.2, 0.25) is 0 Å². The fraction of sp³-hybridized carbons (Fsp3) is 0.360. The number of aliphatic hydroxyl groups is 1. The van der Waals surface area contributed by atoms with Gasteiger partial charge in [-0.25, -0.2) is 0 Å². The summed E-state index contributed by atoms with van der Waals surface area (Å²) in [5.74, 6) is -0.870. The molecule has 0 saturated carbocycles. The van der Waals surface area contributed by atoms with Gasteiger partial charge in [0.15, 0.2) is 0 Å². The molecule has 1 aliphatic rings. The van der Waals surface area contributed by atoms with E-state index in [1.165, 1.54) is 0 Å². The Labute approximate surface area is 197 Å². The third kappa shape index (κ3) is 5.05. The highest BCUT2D eigenvalue weighted by atomic mass is 79.9. The van der Waals surface area contributed by atoms with Gasteiger partial charge in [0, 0.05) is 23.1 Å². The van der Waals surface area contributed by atoms with E-state index >= 15 is 0 Å². The molecular formula is C25H29BrN2O4. The molecular weight excluding hydrogens is 472 g/mol. The van der Waals surface area contributed by atoms with Crippen molar-refractivity contribution in [2.24, 2.45) is 0 Å². The first-order chi connectivity index (χ1) is 15.4. The number of amides is 1. The molecule has 3 rings (SSSR count). The Kier molecular flexibility index (Phi) is 8.10. The number of benzene rings is 2. The van der Waals surface area contributed by atoms with Gasteiger partial charge in [-0.1, -0.05) is 54.0 Å². The maximum atomic E-state index is 13.1. The highest BCUT2D eigenvalue weighted by molar-refractivity contribution is 9.10. The first kappa shape index (κ1) is 24.0. The van der Waals surface area contributed by atoms with Crippen LogP contribution in [0.5, 0.6) is 5.75 Å². The normalized spacial score (nSPS) is 17.9. The zero-order chi connectivity index (χ0) is 23.3. The van der Waals surface area contributed by atoms with Crippen molar-refractivity contribution in [2.45, 2.75) is 26.8 Å². The van der Waals surface area contributed by atoms with Crippen LogP contribution in [0.25, 0.3) is 5.76 Å². The quantitative estimate of drug-likeness (QED) is 0.309. The van der Waals surface area contributed by atoms with Gasteiger partial charge >= 0.3 is 0 Å². The first-order valence-electron chi connectivity index (χ1n) is 10.9. The average molecular weight is 501 g/mol. The van der Waals surface area contributed by atoms with Gasteiger partial charge in [0.1, 0.15) is 11.5 Å². The number of halogens is 1. The van der Waals surface area contributed by atoms with Crippen molar-refractivity contribution < 1.29 is 19.4 Å². The zero-order valence-electron chi connectivity index (χ0n) is 18.7. The minimum Gasteiger partial charge on any atom is -0.507 e. The Balaban J connectivity index is 2.10. The second kappa shape index (κ2) is 10.8. The Hall–Kier alpha value is -2.64. The number of likely N-dealkylation sites (tertiary alicyclic amines) is 1. The summed E-state index contributed by atoms with van der Waals surface area (Å²) in [6.07, 6.45) is 0. The summed E-state index contributed by atoms with van der Waals surface area (Å²) in [6.45, 7) is 9.23. The van der Waals surface area contributed by atoms with Crippen molar-refractivity contribution in [3.8, 4) is 5.75 Å². The molecule has 1 N–H and O–H groups in total. The van der Waals surface area contributed by atoms with Crippen LogP contribution in [0.1, 0.15) is 37.9 Å². The molecule has 0 radical (unpaired) electrons. The molecule has 1 unspecified atom stereocenters. The van der Waals surface area contributed by atoms with Crippen LogP contribution in [0.15, 0.2) is 58.6 Å². The SMILES string of the molecule is CCOc1cccc(C(O)=C2C(=O)C(=O)N(CCN(CC)CC)C2c2cccc(Br)c2)c1. The van der Waals surface area contributed by atoms with Crippen molar-refractivity contribution in [1.29, 1.82) is 0 Å². The fourth-order valence-corrected chi connectivity index (χ4v) is 4.40. The molecule has 170 valence electrons. The van der Waals surface area contributed by atoms with Crippen molar-refractivity contribution >= 4 is 33.4 Å². The van der Waals surface area contributed by atoms with Gasteiger partial charge in [-0.15, -0.1) is 0 Å². The number of carbonyl (C=O) groups excluding carboxylic acids is 2. The van der Waals surface area contributed by atoms with E-state index in [-0.39, 0.29) is 11.3 Å². The van der Waals surface area contributed by atoms with Crippen LogP contribution >= 0.6 is 15.9 Å². The molecule has 1 atom stereocenters. The molecule has 0 spiro atoms. The van der Waals surface area contributed by atoms with Crippen LogP contribution in [0.4, 0.5) is 0 Å². The number of ether oxygens (including phenoxy) is 1. The number of carbonyl (C=O) groups is 2. The third-order valence-electron chi connectivity index (χ3n) is 5.67. The van der Waals surface area contributed by atoms with Crippen molar-refractivity contribution in [2.75, 3.05) is 32.8 Å². The van der Waals surface area contributed by atoms with Crippen LogP contribution in [-0.2, 0) is 9.59 Å². The molecule has 1 heterocycles. The number of ketones is 1. The summed E-state index contributed by atoms with van der Waals surface area (Å²) in [4.78, 5) is 29.9. The molecule has 2 aromatic carbocycles. The molecule has 32 heavy (non-hydrogen) atoms. The summed E-state index contributed by atoms with van der Waals surface area (Å²) in [6, 6.07) is 13.8. The Morgan fingerprint density at radius 3 is 2.47 bits per heavy atom. The number of hydrogen-bond donors (Lipinski definition) is 1. The van der Waals surface area contributed by atoms with E-state index in [4.69, 9.17) is 4.74 Å². The van der Waals surface area contributed by atoms with Gasteiger partial charge in [0.25, 0.3) is 11.7 Å². The molecule has 2 aromatic rings. The maximum Gasteiger partial charge on any atom is 0.295 e. The van der Waals surface area contributed by atoms with Crippen LogP contribution in [0.2, 0.25) is 0 Å². The summed E-state index contributed by atoms with van der Waals surface area (Å²) < 4.78 is 6.37. The highest BCUT2D eigenvalue weighted by Gasteiger charge is 2.46. The number of hydrogen-bond acceptors (Lipinski definition) is 5. The first-order valence-corrected chi connectivity index (χ1v) is 11.7. The molecule has 6 nitrogen and oxygen atoms in total. The standard InChI is InChI=1S/C25H29BrN2O4/c1-4-27(5-2)13-14-28-22(17-9-7-11-19(26)15-17)21(24(30)25(28)31)23(29)18-10-8-12-20(16-18)32-6-3/h7-12,15-16,22,29H,4-6,13-14H2,1-3H3. The van der Waals surface area contributed by atoms with E-state index in [9.17, 15) is 14.7 Å². The number of Topliss-reactive ketones (excluding diaryl/α,β-unsaturated/α-hetero) is 1. The summed E-state index contributed by atoms with van der Waals surface area (Å²) in [5, 5.41) is 11.2. The lowest BCUT2D eigenvalue weighted by Crippen LogP contribution is -2.38. The molecule has 7 heteroatoms. The monoisotopic (exact) mass is 500 g/mol. The van der Waals surface area contributed by atoms with E-state index in [1.54, 1.807) is 29.2 Å². The Morgan fingerprint density at radius 2 is 1.81 bits per heavy atom. The Morgan fingerprint density at radius 1 is 1.09 bits per heavy atom. The van der Waals surface area contributed by atoms with E-state index in [1.807, 2.05) is 31.2 Å². The smallest absolute Gasteiger partial charge is 0.295 e. The predicted molar refractivity (Wildman–Crippen MR) is 129 cm³/mol. The topological polar surface area (TPSA) is 70.1 Å². The highest BCUT2D eigenvalue weighted by Crippen LogP contribution is 2.40. The minimum atomic E-state index is -0.672. The van der Waals surface area contributed by atoms with Crippen LogP contribution in [0, 0.1) is 0 Å². The molecule has 0 bridgehead atoms. The fourth-order valence-electron chi connectivity index (χ4n) is 3.98. The molecule has 1 saturated heterocycles. The minimum absolute atomic E-state index is 0.0984. The molecule has 1 aliphatic heterocycles. The number of nitrogens with zero attached hydrogens (tertiary/aromatic N) is 2. The van der Waals surface area contributed by atoms with Crippen molar-refractivity contribution in [3.05, 3.63) is 69.7 Å². The average Bonchev–Trinajstić information content (AvgIpc) is 3.04. The lowest BCUT2D eigenvalue weighted by molar-refractivity contribution is -0.140. The van der Waals surface area contributed by atoms with E-state index in [0.717, 1.165) is 23.1 Å². The predicted octanol–water partition coefficient (Wildman–Crippen LogP) is 4.61. The van der Waals surface area contributed by atoms with Crippen molar-refractivity contribution in [3.63, 3.8) is 0 Å². The summed E-state index contributed by atoms with van der Waals surface area (Å²) in [7, 11) is 0. The number of rotatable bonds is 9. The lowest BCUT2D eigenvalue weighted by Gasteiger charge is -2.28. The molecule has 1 fully saturated rings. The molecule has 1 amide bonds. The van der Waals surface area contributed by atoms with Gasteiger partial charge < -0.3 is 19.6 Å². The van der Waals surface area contributed by atoms with E-state index in [0.29, 0.717) is 31.0 Å². The largest absolute Gasteiger partial charge is 0.507 e. The maximum absolute atomic E-state index is 13.1. The molecule has 0 aliphatic carbocycles. The van der Waals surface area contributed by atoms with Gasteiger partial charge in [0.05, 0.1) is 18.2 Å². The second-order valence-corrected chi connectivity index (χ2v) is 8.45. The third-order valence-corrected chi connectivity index (χ3v) is 6.17. The number of likely N-dealkylation sites (N-methyl/N-ethyl adjacent to an activating group) is 1. The lowest BCUT2D eigenvalue weighted by atomic mass is 9.95. The van der Waals surface area contributed by atoms with Crippen molar-refractivity contribution in [1.82, 2.24) is 9.80 Å². The van der Waals surface area contributed by atoms with Gasteiger partial charge in [-0.3, -0.25) is 9.59 Å². The van der Waals surface area contributed by atoms with Gasteiger partial charge in [-0.05, 0) is 49.8 Å². The van der Waals surface area contributed by atoms with Crippen LogP contribution in [-0.4, -0.2) is 59.4 Å². The van der Waals surface area contributed by atoms with E-state index in [2.05, 4.69) is 34.7 Å². The molecule has 0 aromatic heterocycles. The summed E-state index contributed by atoms with van der Waals surface area (Å²) >= 11 is 3.48. The number of aliphatic hydroxyl groups excluding tert-OH is 1. The summed E-state index contributed by atoms with van der Waals surface area (Å²) in [5.41, 5.74) is 1.31. The second-order valence-electron chi connectivity index (χ2n) is 7.54. The van der Waals surface area contributed by atoms with Crippen LogP contribution in [0.3, 0.4) is 0 Å². The zero-order valence-corrected chi connectivity index (χ0v) is 20.3. The van der Waals surface area contributed by atoms with Crippen LogP contribution < -0.4 is 4.74 Å².